The first-order valence-electron chi connectivity index (χ1n) is 11.5. The van der Waals surface area contributed by atoms with Gasteiger partial charge in [0.25, 0.3) is 5.69 Å². The summed E-state index contributed by atoms with van der Waals surface area (Å²) >= 11 is 1.27. The van der Waals surface area contributed by atoms with Gasteiger partial charge in [-0.3, -0.25) is 19.5 Å². The van der Waals surface area contributed by atoms with Crippen LogP contribution in [0.1, 0.15) is 32.6 Å². The van der Waals surface area contributed by atoms with Crippen LogP contribution >= 0.6 is 11.8 Å². The van der Waals surface area contributed by atoms with E-state index in [-0.39, 0.29) is 29.1 Å². The third-order valence-electron chi connectivity index (χ3n) is 6.18. The highest BCUT2D eigenvalue weighted by Gasteiger charge is 2.26. The Morgan fingerprint density at radius 1 is 1.32 bits per heavy atom. The molecule has 11 nitrogen and oxygen atoms in total. The molecule has 0 radical (unpaired) electrons. The molecule has 184 valence electrons. The lowest BCUT2D eigenvalue weighted by Gasteiger charge is -2.31. The monoisotopic (exact) mass is 490 g/mol. The first-order valence-corrected chi connectivity index (χ1v) is 12.5. The number of hydrogen-bond acceptors (Lipinski definition) is 9. The number of thioether (sulfide) groups is 1. The fraction of sp³-hybridized carbons (Fsp3) is 0.591. The topological polar surface area (TPSA) is 125 Å². The number of amides is 1. The highest BCUT2D eigenvalue weighted by molar-refractivity contribution is 7.99. The van der Waals surface area contributed by atoms with Crippen LogP contribution in [0.25, 0.3) is 0 Å². The SMILES string of the molecule is COc1ccc(NC(=O)CSc2nnc(N3CCC(C)CC3)n2CC2CCCO2)c([N+](=O)[O-])c1. The molecule has 1 atom stereocenters. The van der Waals surface area contributed by atoms with Crippen LogP contribution < -0.4 is 15.0 Å². The third kappa shape index (κ3) is 5.79. The first-order chi connectivity index (χ1) is 16.4. The van der Waals surface area contributed by atoms with Crippen LogP contribution in [0, 0.1) is 16.0 Å². The van der Waals surface area contributed by atoms with E-state index in [1.807, 2.05) is 0 Å². The van der Waals surface area contributed by atoms with E-state index in [2.05, 4.69) is 31.9 Å². The average Bonchev–Trinajstić information content (AvgIpc) is 3.49. The quantitative estimate of drug-likeness (QED) is 0.320. The van der Waals surface area contributed by atoms with Crippen molar-refractivity contribution in [1.29, 1.82) is 0 Å². The zero-order valence-electron chi connectivity index (χ0n) is 19.4. The zero-order valence-corrected chi connectivity index (χ0v) is 20.3. The smallest absolute Gasteiger partial charge is 0.296 e. The number of ether oxygens (including phenoxy) is 2. The number of rotatable bonds is 9. The fourth-order valence-electron chi connectivity index (χ4n) is 4.19. The Bertz CT molecular complexity index is 1020. The maximum atomic E-state index is 12.6. The van der Waals surface area contributed by atoms with Crippen molar-refractivity contribution in [3.8, 4) is 5.75 Å². The van der Waals surface area contributed by atoms with Gasteiger partial charge < -0.3 is 19.7 Å². The molecule has 1 amide bonds. The van der Waals surface area contributed by atoms with Gasteiger partial charge in [-0.2, -0.15) is 0 Å². The van der Waals surface area contributed by atoms with E-state index in [1.54, 1.807) is 6.07 Å². The molecule has 0 bridgehead atoms. The minimum Gasteiger partial charge on any atom is -0.496 e. The summed E-state index contributed by atoms with van der Waals surface area (Å²) in [6.45, 7) is 5.52. The van der Waals surface area contributed by atoms with E-state index >= 15 is 0 Å². The number of nitro benzene ring substituents is 1. The number of piperidine rings is 1. The van der Waals surface area contributed by atoms with Crippen LogP contribution in [0.5, 0.6) is 5.75 Å². The summed E-state index contributed by atoms with van der Waals surface area (Å²) in [6.07, 6.45) is 4.35. The van der Waals surface area contributed by atoms with Gasteiger partial charge >= 0.3 is 0 Å². The number of nitro groups is 1. The van der Waals surface area contributed by atoms with E-state index in [9.17, 15) is 14.9 Å². The second-order valence-corrected chi connectivity index (χ2v) is 9.62. The Morgan fingerprint density at radius 3 is 2.79 bits per heavy atom. The van der Waals surface area contributed by atoms with Crippen LogP contribution in [0.4, 0.5) is 17.3 Å². The standard InChI is InChI=1S/C22H30N6O5S/c1-15-7-9-26(10-8-15)21-24-25-22(27(21)13-17-4-3-11-33-17)34-14-20(29)23-18-6-5-16(32-2)12-19(18)28(30)31/h5-6,12,15,17H,3-4,7-11,13-14H2,1-2H3,(H,23,29). The molecule has 34 heavy (non-hydrogen) atoms. The van der Waals surface area contributed by atoms with Crippen molar-refractivity contribution < 1.29 is 19.2 Å². The summed E-state index contributed by atoms with van der Waals surface area (Å²) in [7, 11) is 1.43. The molecule has 0 saturated carbocycles. The lowest BCUT2D eigenvalue weighted by Crippen LogP contribution is -2.35. The minimum absolute atomic E-state index is 0.0455. The number of methoxy groups -OCH3 is 1. The number of aromatic nitrogens is 3. The number of carbonyl (C=O) groups excluding carboxylic acids is 1. The molecule has 1 unspecified atom stereocenters. The van der Waals surface area contributed by atoms with Gasteiger partial charge in [0.2, 0.25) is 11.9 Å². The lowest BCUT2D eigenvalue weighted by molar-refractivity contribution is -0.384. The molecule has 2 fully saturated rings. The van der Waals surface area contributed by atoms with Crippen molar-refractivity contribution in [3.05, 3.63) is 28.3 Å². The van der Waals surface area contributed by atoms with Crippen molar-refractivity contribution >= 4 is 35.0 Å². The molecule has 1 N–H and O–H groups in total. The third-order valence-corrected chi connectivity index (χ3v) is 7.15. The van der Waals surface area contributed by atoms with E-state index in [4.69, 9.17) is 9.47 Å². The normalized spacial score (nSPS) is 18.8. The zero-order chi connectivity index (χ0) is 24.1. The second-order valence-electron chi connectivity index (χ2n) is 8.67. The van der Waals surface area contributed by atoms with E-state index in [0.29, 0.717) is 23.4 Å². The predicted octanol–water partition coefficient (Wildman–Crippen LogP) is 3.34. The molecule has 4 rings (SSSR count). The second kappa shape index (κ2) is 11.0. The molecule has 3 heterocycles. The van der Waals surface area contributed by atoms with Crippen LogP contribution in [0.2, 0.25) is 0 Å². The highest BCUT2D eigenvalue weighted by atomic mass is 32.2. The molecule has 1 aromatic carbocycles. The molecular weight excluding hydrogens is 460 g/mol. The van der Waals surface area contributed by atoms with Crippen molar-refractivity contribution in [2.24, 2.45) is 5.92 Å². The Hall–Kier alpha value is -2.86. The number of carbonyl (C=O) groups is 1. The van der Waals surface area contributed by atoms with Crippen LogP contribution in [0.15, 0.2) is 23.4 Å². The van der Waals surface area contributed by atoms with Crippen LogP contribution in [-0.4, -0.2) is 64.3 Å². The molecule has 2 aliphatic heterocycles. The van der Waals surface area contributed by atoms with Gasteiger partial charge in [0.15, 0.2) is 5.16 Å². The number of hydrogen-bond donors (Lipinski definition) is 1. The van der Waals surface area contributed by atoms with E-state index in [1.165, 1.54) is 31.0 Å². The Balaban J connectivity index is 1.45. The number of nitrogens with zero attached hydrogens (tertiary/aromatic N) is 5. The molecule has 0 spiro atoms. The van der Waals surface area contributed by atoms with E-state index < -0.39 is 4.92 Å². The van der Waals surface area contributed by atoms with Gasteiger partial charge in [0.05, 0.1) is 36.5 Å². The predicted molar refractivity (Wildman–Crippen MR) is 129 cm³/mol. The fourth-order valence-corrected chi connectivity index (χ4v) is 4.94. The first kappa shape index (κ1) is 24.3. The number of anilines is 2. The molecule has 12 heteroatoms. The largest absolute Gasteiger partial charge is 0.496 e. The molecule has 2 aromatic rings. The van der Waals surface area contributed by atoms with Crippen molar-refractivity contribution in [1.82, 2.24) is 14.8 Å². The minimum atomic E-state index is -0.546. The Kier molecular flexibility index (Phi) is 7.88. The van der Waals surface area contributed by atoms with Crippen molar-refractivity contribution in [2.75, 3.05) is 42.8 Å². The number of benzene rings is 1. The maximum absolute atomic E-state index is 12.6. The van der Waals surface area contributed by atoms with Crippen LogP contribution in [-0.2, 0) is 16.1 Å². The Labute approximate surface area is 202 Å². The molecular formula is C22H30N6O5S. The Morgan fingerprint density at radius 2 is 2.12 bits per heavy atom. The molecule has 2 saturated heterocycles. The maximum Gasteiger partial charge on any atom is 0.296 e. The van der Waals surface area contributed by atoms with Gasteiger partial charge in [-0.1, -0.05) is 18.7 Å². The molecule has 0 aliphatic carbocycles. The summed E-state index contributed by atoms with van der Waals surface area (Å²) in [5.41, 5.74) is -0.0961. The average molecular weight is 491 g/mol. The summed E-state index contributed by atoms with van der Waals surface area (Å²) in [4.78, 5) is 25.7. The van der Waals surface area contributed by atoms with Crippen LogP contribution in [0.3, 0.4) is 0 Å². The number of nitrogens with one attached hydrogen (secondary N) is 1. The summed E-state index contributed by atoms with van der Waals surface area (Å²) in [5.74, 6) is 1.55. The summed E-state index contributed by atoms with van der Waals surface area (Å²) in [6, 6.07) is 4.32. The summed E-state index contributed by atoms with van der Waals surface area (Å²) < 4.78 is 12.9. The van der Waals surface area contributed by atoms with Crippen molar-refractivity contribution in [2.45, 2.75) is 50.4 Å². The van der Waals surface area contributed by atoms with E-state index in [0.717, 1.165) is 51.3 Å². The summed E-state index contributed by atoms with van der Waals surface area (Å²) in [5, 5.41) is 23.5. The molecule has 2 aliphatic rings. The molecule has 1 aromatic heterocycles. The van der Waals surface area contributed by atoms with Gasteiger partial charge in [-0.05, 0) is 43.7 Å². The van der Waals surface area contributed by atoms with Crippen molar-refractivity contribution in [3.63, 3.8) is 0 Å². The van der Waals surface area contributed by atoms with Gasteiger partial charge in [-0.15, -0.1) is 10.2 Å². The highest BCUT2D eigenvalue weighted by Crippen LogP contribution is 2.30. The van der Waals surface area contributed by atoms with Gasteiger partial charge in [-0.25, -0.2) is 0 Å². The van der Waals surface area contributed by atoms with Gasteiger partial charge in [0.1, 0.15) is 11.4 Å². The lowest BCUT2D eigenvalue weighted by atomic mass is 10.00. The van der Waals surface area contributed by atoms with Gasteiger partial charge in [0, 0.05) is 19.7 Å².